The van der Waals surface area contributed by atoms with Gasteiger partial charge in [0.1, 0.15) is 11.3 Å². The van der Waals surface area contributed by atoms with Gasteiger partial charge in [-0.05, 0) is 36.4 Å². The number of nitrogens with zero attached hydrogens (tertiary/aromatic N) is 2. The second-order valence-electron chi connectivity index (χ2n) is 6.92. The van der Waals surface area contributed by atoms with Crippen molar-refractivity contribution in [2.45, 2.75) is 6.42 Å². The molecule has 6 nitrogen and oxygen atoms in total. The first-order valence-electron chi connectivity index (χ1n) is 9.25. The predicted octanol–water partition coefficient (Wildman–Crippen LogP) is 2.40. The largest absolute Gasteiger partial charge is 0.465 e. The standard InChI is InChI=1S/C21H22FN3O3S/c1-24(2)12-5-13-25(21-23-18-16(22)6-4-7-17(18)29-21)19(26)14-8-10-15(11-9-14)20(27)28-3/h4,6-11H,5,12-13H2,1-3H3/p+1. The monoisotopic (exact) mass is 416 g/mol. The minimum atomic E-state index is -0.462. The van der Waals surface area contributed by atoms with Crippen LogP contribution in [0.4, 0.5) is 9.52 Å². The highest BCUT2D eigenvalue weighted by atomic mass is 32.1. The summed E-state index contributed by atoms with van der Waals surface area (Å²) < 4.78 is 19.5. The topological polar surface area (TPSA) is 63.9 Å². The number of anilines is 1. The van der Waals surface area contributed by atoms with Crippen molar-refractivity contribution in [3.63, 3.8) is 0 Å². The van der Waals surface area contributed by atoms with Crippen LogP contribution in [0.5, 0.6) is 0 Å². The lowest BCUT2D eigenvalue weighted by Crippen LogP contribution is -3.05. The van der Waals surface area contributed by atoms with Crippen molar-refractivity contribution in [1.29, 1.82) is 0 Å². The maximum atomic E-state index is 14.1. The second-order valence-corrected chi connectivity index (χ2v) is 7.93. The molecule has 0 saturated heterocycles. The average Bonchev–Trinajstić information content (AvgIpc) is 3.15. The Morgan fingerprint density at radius 3 is 2.45 bits per heavy atom. The number of benzene rings is 2. The fourth-order valence-electron chi connectivity index (χ4n) is 2.92. The Bertz CT molecular complexity index is 1020. The van der Waals surface area contributed by atoms with Crippen LogP contribution >= 0.6 is 11.3 Å². The lowest BCUT2D eigenvalue weighted by atomic mass is 10.1. The summed E-state index contributed by atoms with van der Waals surface area (Å²) >= 11 is 1.29. The van der Waals surface area contributed by atoms with Crippen LogP contribution in [-0.4, -0.2) is 51.2 Å². The smallest absolute Gasteiger partial charge is 0.337 e. The number of hydrogen-bond donors (Lipinski definition) is 1. The van der Waals surface area contributed by atoms with Gasteiger partial charge in [-0.15, -0.1) is 0 Å². The number of nitrogens with one attached hydrogen (secondary N) is 1. The Morgan fingerprint density at radius 1 is 1.14 bits per heavy atom. The number of quaternary nitrogens is 1. The van der Waals surface area contributed by atoms with Crippen LogP contribution in [0.15, 0.2) is 42.5 Å². The van der Waals surface area contributed by atoms with Crippen LogP contribution in [0.3, 0.4) is 0 Å². The number of methoxy groups -OCH3 is 1. The number of fused-ring (bicyclic) bond motifs is 1. The third-order valence-electron chi connectivity index (χ3n) is 4.45. The molecule has 0 spiro atoms. The fraction of sp³-hybridized carbons (Fsp3) is 0.286. The van der Waals surface area contributed by atoms with Crippen LogP contribution in [0.25, 0.3) is 10.2 Å². The third-order valence-corrected chi connectivity index (χ3v) is 5.49. The van der Waals surface area contributed by atoms with E-state index in [4.69, 9.17) is 4.74 Å². The van der Waals surface area contributed by atoms with E-state index in [-0.39, 0.29) is 11.4 Å². The number of halogens is 1. The van der Waals surface area contributed by atoms with Crippen molar-refractivity contribution in [3.8, 4) is 0 Å². The minimum Gasteiger partial charge on any atom is -0.465 e. The number of hydrogen-bond acceptors (Lipinski definition) is 5. The van der Waals surface area contributed by atoms with Crippen LogP contribution in [0.2, 0.25) is 0 Å². The number of esters is 1. The summed E-state index contributed by atoms with van der Waals surface area (Å²) in [6.07, 6.45) is 0.771. The first-order chi connectivity index (χ1) is 13.9. The lowest BCUT2D eigenvalue weighted by Gasteiger charge is -2.20. The molecule has 3 aromatic rings. The molecule has 0 aliphatic carbocycles. The zero-order valence-corrected chi connectivity index (χ0v) is 17.4. The molecule has 1 heterocycles. The first kappa shape index (κ1) is 20.9. The van der Waals surface area contributed by atoms with Crippen molar-refractivity contribution in [2.24, 2.45) is 0 Å². The van der Waals surface area contributed by atoms with Gasteiger partial charge in [0, 0.05) is 18.5 Å². The van der Waals surface area contributed by atoms with Gasteiger partial charge >= 0.3 is 5.97 Å². The van der Waals surface area contributed by atoms with E-state index in [2.05, 4.69) is 4.98 Å². The molecule has 8 heteroatoms. The van der Waals surface area contributed by atoms with Crippen LogP contribution < -0.4 is 9.80 Å². The Morgan fingerprint density at radius 2 is 1.83 bits per heavy atom. The van der Waals surface area contributed by atoms with Gasteiger partial charge < -0.3 is 9.64 Å². The molecule has 29 heavy (non-hydrogen) atoms. The van der Waals surface area contributed by atoms with Gasteiger partial charge in [0.2, 0.25) is 0 Å². The summed E-state index contributed by atoms with van der Waals surface area (Å²) in [6.45, 7) is 1.34. The van der Waals surface area contributed by atoms with Crippen LogP contribution in [-0.2, 0) is 4.74 Å². The van der Waals surface area contributed by atoms with Gasteiger partial charge in [-0.25, -0.2) is 14.2 Å². The van der Waals surface area contributed by atoms with Gasteiger partial charge in [0.25, 0.3) is 5.91 Å². The molecule has 0 bridgehead atoms. The molecule has 0 fully saturated rings. The van der Waals surface area contributed by atoms with E-state index in [9.17, 15) is 14.0 Å². The van der Waals surface area contributed by atoms with E-state index >= 15 is 0 Å². The molecule has 0 aliphatic rings. The number of aromatic nitrogens is 1. The van der Waals surface area contributed by atoms with E-state index in [0.717, 1.165) is 13.0 Å². The molecule has 1 N–H and O–H groups in total. The molecule has 0 saturated carbocycles. The van der Waals surface area contributed by atoms with Crippen molar-refractivity contribution in [2.75, 3.05) is 39.2 Å². The number of para-hydroxylation sites is 1. The first-order valence-corrected chi connectivity index (χ1v) is 10.1. The number of ether oxygens (including phenoxy) is 1. The Hall–Kier alpha value is -2.84. The number of rotatable bonds is 7. The molecule has 1 amide bonds. The Labute approximate surface area is 172 Å². The maximum absolute atomic E-state index is 14.1. The summed E-state index contributed by atoms with van der Waals surface area (Å²) in [5, 5.41) is 0.459. The number of carbonyl (C=O) groups excluding carboxylic acids is 2. The van der Waals surface area contributed by atoms with E-state index < -0.39 is 11.8 Å². The average molecular weight is 416 g/mol. The van der Waals surface area contributed by atoms with Crippen molar-refractivity contribution < 1.29 is 23.6 Å². The number of amides is 1. The molecule has 0 unspecified atom stereocenters. The zero-order valence-electron chi connectivity index (χ0n) is 16.6. The lowest BCUT2D eigenvalue weighted by molar-refractivity contribution is -0.858. The van der Waals surface area contributed by atoms with Crippen molar-refractivity contribution in [1.82, 2.24) is 4.98 Å². The summed E-state index contributed by atoms with van der Waals surface area (Å²) in [7, 11) is 5.40. The van der Waals surface area contributed by atoms with Gasteiger partial charge in [0.05, 0.1) is 38.0 Å². The Kier molecular flexibility index (Phi) is 6.56. The van der Waals surface area contributed by atoms with Crippen LogP contribution in [0, 0.1) is 5.82 Å². The number of thiazole rings is 1. The zero-order chi connectivity index (χ0) is 21.0. The number of carbonyl (C=O) groups is 2. The maximum Gasteiger partial charge on any atom is 0.337 e. The highest BCUT2D eigenvalue weighted by Gasteiger charge is 2.22. The van der Waals surface area contributed by atoms with Gasteiger partial charge in [0.15, 0.2) is 5.13 Å². The van der Waals surface area contributed by atoms with Gasteiger partial charge in [-0.2, -0.15) is 0 Å². The summed E-state index contributed by atoms with van der Waals surface area (Å²) in [4.78, 5) is 32.1. The summed E-state index contributed by atoms with van der Waals surface area (Å²) in [6, 6.07) is 11.1. The molecule has 1 aromatic heterocycles. The molecule has 0 atom stereocenters. The minimum absolute atomic E-state index is 0.241. The summed E-state index contributed by atoms with van der Waals surface area (Å²) in [5.41, 5.74) is 1.06. The summed E-state index contributed by atoms with van der Waals surface area (Å²) in [5.74, 6) is -1.11. The van der Waals surface area contributed by atoms with Crippen LogP contribution in [0.1, 0.15) is 27.1 Å². The quantitative estimate of drug-likeness (QED) is 0.601. The molecular formula is C21H23FN3O3S+. The molecule has 0 radical (unpaired) electrons. The molecule has 152 valence electrons. The van der Waals surface area contributed by atoms with E-state index in [0.29, 0.717) is 27.5 Å². The fourth-order valence-corrected chi connectivity index (χ4v) is 3.92. The SMILES string of the molecule is COC(=O)c1ccc(C(=O)N(CCC[NH+](C)C)c2nc3c(F)cccc3s2)cc1. The molecular weight excluding hydrogens is 393 g/mol. The Balaban J connectivity index is 1.92. The van der Waals surface area contributed by atoms with Crippen molar-refractivity contribution >= 4 is 38.6 Å². The molecule has 2 aromatic carbocycles. The highest BCUT2D eigenvalue weighted by molar-refractivity contribution is 7.22. The van der Waals surface area contributed by atoms with E-state index in [1.807, 2.05) is 14.1 Å². The van der Waals surface area contributed by atoms with E-state index in [1.54, 1.807) is 41.3 Å². The normalized spacial score (nSPS) is 11.1. The molecule has 3 rings (SSSR count). The van der Waals surface area contributed by atoms with Gasteiger partial charge in [-0.3, -0.25) is 9.69 Å². The third kappa shape index (κ3) is 4.78. The van der Waals surface area contributed by atoms with Crippen molar-refractivity contribution in [3.05, 3.63) is 59.4 Å². The predicted molar refractivity (Wildman–Crippen MR) is 111 cm³/mol. The highest BCUT2D eigenvalue weighted by Crippen LogP contribution is 2.31. The molecule has 0 aliphatic heterocycles. The second kappa shape index (κ2) is 9.11. The van der Waals surface area contributed by atoms with Gasteiger partial charge in [-0.1, -0.05) is 17.4 Å². The van der Waals surface area contributed by atoms with E-state index in [1.165, 1.54) is 29.4 Å².